The Morgan fingerprint density at radius 2 is 1.41 bits per heavy atom. The molecule has 0 saturated heterocycles. The van der Waals surface area contributed by atoms with Gasteiger partial charge in [-0.1, -0.05) is 74.5 Å². The Labute approximate surface area is 185 Å². The number of benzene rings is 2. The third-order valence-corrected chi connectivity index (χ3v) is 5.80. The number of carbonyl (C=O) groups excluding carboxylic acids is 1. The molecule has 0 radical (unpaired) electrons. The molecule has 32 heavy (non-hydrogen) atoms. The van der Waals surface area contributed by atoms with Crippen molar-refractivity contribution in [1.29, 1.82) is 0 Å². The molecule has 2 aromatic rings. The van der Waals surface area contributed by atoms with Crippen molar-refractivity contribution < 1.29 is 39.2 Å². The van der Waals surface area contributed by atoms with Gasteiger partial charge in [-0.05, 0) is 17.5 Å². The van der Waals surface area contributed by atoms with E-state index in [0.29, 0.717) is 5.56 Å². The maximum Gasteiger partial charge on any atom is 0.315 e. The maximum absolute atomic E-state index is 12.7. The van der Waals surface area contributed by atoms with Crippen molar-refractivity contribution in [1.82, 2.24) is 0 Å². The lowest BCUT2D eigenvalue weighted by Crippen LogP contribution is -2.53. The minimum absolute atomic E-state index is 0.120. The second-order valence-electron chi connectivity index (χ2n) is 7.56. The van der Waals surface area contributed by atoms with E-state index in [1.54, 1.807) is 48.5 Å². The molecule has 8 heteroatoms. The third-order valence-electron chi connectivity index (χ3n) is 5.80. The highest BCUT2D eigenvalue weighted by molar-refractivity contribution is 5.93. The van der Waals surface area contributed by atoms with Gasteiger partial charge in [0.2, 0.25) is 0 Å². The molecule has 0 aliphatic rings. The third kappa shape index (κ3) is 4.96. The summed E-state index contributed by atoms with van der Waals surface area (Å²) < 4.78 is 5.22. The number of ether oxygens (including phenoxy) is 1. The summed E-state index contributed by atoms with van der Waals surface area (Å²) in [4.78, 5) is 49.7. The van der Waals surface area contributed by atoms with E-state index in [1.807, 2.05) is 0 Å². The molecule has 2 rings (SSSR count). The number of hydrogen-bond acceptors (Lipinski definition) is 5. The number of aliphatic carboxylic acids is 3. The smallest absolute Gasteiger partial charge is 0.315 e. The Morgan fingerprint density at radius 3 is 1.84 bits per heavy atom. The fraction of sp³-hybridized carbons (Fsp3) is 0.333. The minimum Gasteiger partial charge on any atom is -0.481 e. The van der Waals surface area contributed by atoms with E-state index in [0.717, 1.165) is 0 Å². The molecule has 3 N–H and O–H groups in total. The monoisotopic (exact) mass is 442 g/mol. The largest absolute Gasteiger partial charge is 0.481 e. The van der Waals surface area contributed by atoms with Crippen LogP contribution >= 0.6 is 0 Å². The standard InChI is InChI=1S/C24H26O8/c1-3-24(23(30)31,17-12-8-5-9-13-17)19(21(27)28)18(20(25)26)15(2)22(29)32-14-16-10-6-4-7-11-16/h4-13,15,18-19H,3,14H2,1-2H3,(H,25,26)(H,27,28)(H,30,31). The normalized spacial score (nSPS) is 15.6. The number of carboxylic acid groups (broad SMARTS) is 3. The average molecular weight is 442 g/mol. The van der Waals surface area contributed by atoms with Crippen molar-refractivity contribution in [3.8, 4) is 0 Å². The highest BCUT2D eigenvalue weighted by Gasteiger charge is 2.57. The van der Waals surface area contributed by atoms with Crippen LogP contribution in [0.5, 0.6) is 0 Å². The van der Waals surface area contributed by atoms with E-state index < -0.39 is 47.0 Å². The zero-order valence-corrected chi connectivity index (χ0v) is 17.8. The first-order chi connectivity index (χ1) is 15.2. The summed E-state index contributed by atoms with van der Waals surface area (Å²) in [6, 6.07) is 16.3. The van der Waals surface area contributed by atoms with Crippen molar-refractivity contribution in [3.05, 3.63) is 71.8 Å². The molecule has 0 fully saturated rings. The van der Waals surface area contributed by atoms with Crippen LogP contribution in [0.3, 0.4) is 0 Å². The van der Waals surface area contributed by atoms with Crippen molar-refractivity contribution in [2.75, 3.05) is 0 Å². The predicted octanol–water partition coefficient (Wildman–Crippen LogP) is 3.20. The molecular formula is C24H26O8. The van der Waals surface area contributed by atoms with Crippen LogP contribution in [0.4, 0.5) is 0 Å². The van der Waals surface area contributed by atoms with Gasteiger partial charge in [-0.15, -0.1) is 0 Å². The first-order valence-electron chi connectivity index (χ1n) is 10.1. The number of carbonyl (C=O) groups is 4. The molecule has 0 saturated carbocycles. The van der Waals surface area contributed by atoms with Crippen LogP contribution in [-0.2, 0) is 35.9 Å². The summed E-state index contributed by atoms with van der Waals surface area (Å²) in [5, 5.41) is 30.1. The van der Waals surface area contributed by atoms with Crippen LogP contribution in [0.2, 0.25) is 0 Å². The molecule has 4 unspecified atom stereocenters. The second kappa shape index (κ2) is 10.6. The number of esters is 1. The predicted molar refractivity (Wildman–Crippen MR) is 114 cm³/mol. The van der Waals surface area contributed by atoms with Gasteiger partial charge in [-0.2, -0.15) is 0 Å². The summed E-state index contributed by atoms with van der Waals surface area (Å²) in [6.07, 6.45) is -0.196. The highest BCUT2D eigenvalue weighted by atomic mass is 16.5. The summed E-state index contributed by atoms with van der Waals surface area (Å²) >= 11 is 0. The summed E-state index contributed by atoms with van der Waals surface area (Å²) in [6.45, 7) is 2.61. The Morgan fingerprint density at radius 1 is 0.875 bits per heavy atom. The van der Waals surface area contributed by atoms with Gasteiger partial charge < -0.3 is 20.1 Å². The van der Waals surface area contributed by atoms with Crippen LogP contribution in [0.15, 0.2) is 60.7 Å². The molecule has 0 bridgehead atoms. The van der Waals surface area contributed by atoms with Crippen LogP contribution in [0, 0.1) is 17.8 Å². The van der Waals surface area contributed by atoms with E-state index in [9.17, 15) is 34.5 Å². The lowest BCUT2D eigenvalue weighted by Gasteiger charge is -2.38. The van der Waals surface area contributed by atoms with Gasteiger partial charge in [0, 0.05) is 0 Å². The molecule has 170 valence electrons. The molecule has 0 aliphatic heterocycles. The van der Waals surface area contributed by atoms with Gasteiger partial charge in [0.25, 0.3) is 0 Å². The number of rotatable bonds is 11. The average Bonchev–Trinajstić information content (AvgIpc) is 2.78. The van der Waals surface area contributed by atoms with E-state index in [4.69, 9.17) is 4.74 Å². The Kier molecular flexibility index (Phi) is 8.12. The van der Waals surface area contributed by atoms with Gasteiger partial charge >= 0.3 is 23.9 Å². The van der Waals surface area contributed by atoms with Crippen LogP contribution in [0.1, 0.15) is 31.4 Å². The highest BCUT2D eigenvalue weighted by Crippen LogP contribution is 2.43. The first-order valence-corrected chi connectivity index (χ1v) is 10.1. The van der Waals surface area contributed by atoms with Crippen LogP contribution in [-0.4, -0.2) is 39.2 Å². The molecule has 0 aliphatic carbocycles. The maximum atomic E-state index is 12.7. The van der Waals surface area contributed by atoms with Gasteiger partial charge in [-0.3, -0.25) is 19.2 Å². The Hall–Kier alpha value is -3.68. The van der Waals surface area contributed by atoms with E-state index in [-0.39, 0.29) is 18.6 Å². The Balaban J connectivity index is 2.48. The van der Waals surface area contributed by atoms with Crippen molar-refractivity contribution >= 4 is 23.9 Å². The van der Waals surface area contributed by atoms with Crippen molar-refractivity contribution in [2.24, 2.45) is 17.8 Å². The number of hydrogen-bond donors (Lipinski definition) is 3. The van der Waals surface area contributed by atoms with Crippen molar-refractivity contribution in [2.45, 2.75) is 32.3 Å². The SMILES string of the molecule is CCC(C(=O)O)(c1ccccc1)C(C(=O)O)C(C(=O)O)C(C)C(=O)OCc1ccccc1. The zero-order valence-electron chi connectivity index (χ0n) is 17.8. The van der Waals surface area contributed by atoms with Crippen molar-refractivity contribution in [3.63, 3.8) is 0 Å². The van der Waals surface area contributed by atoms with Gasteiger partial charge in [0.05, 0.1) is 17.8 Å². The topological polar surface area (TPSA) is 138 Å². The molecule has 0 spiro atoms. The molecule has 0 amide bonds. The summed E-state index contributed by atoms with van der Waals surface area (Å²) in [7, 11) is 0. The lowest BCUT2D eigenvalue weighted by molar-refractivity contribution is -0.171. The van der Waals surface area contributed by atoms with Gasteiger partial charge in [0.1, 0.15) is 12.0 Å². The fourth-order valence-electron chi connectivity index (χ4n) is 4.07. The second-order valence-corrected chi connectivity index (χ2v) is 7.56. The fourth-order valence-corrected chi connectivity index (χ4v) is 4.07. The summed E-state index contributed by atoms with van der Waals surface area (Å²) in [5.74, 6) is -10.8. The number of carboxylic acids is 3. The quantitative estimate of drug-likeness (QED) is 0.451. The zero-order chi connectivity index (χ0) is 23.9. The lowest BCUT2D eigenvalue weighted by atomic mass is 9.61. The van der Waals surface area contributed by atoms with Crippen LogP contribution in [0.25, 0.3) is 0 Å². The minimum atomic E-state index is -2.07. The molecule has 8 nitrogen and oxygen atoms in total. The van der Waals surface area contributed by atoms with Crippen LogP contribution < -0.4 is 0 Å². The van der Waals surface area contributed by atoms with Gasteiger partial charge in [-0.25, -0.2) is 0 Å². The van der Waals surface area contributed by atoms with E-state index in [2.05, 4.69) is 0 Å². The van der Waals surface area contributed by atoms with E-state index in [1.165, 1.54) is 26.0 Å². The molecular weight excluding hydrogens is 416 g/mol. The first kappa shape index (κ1) is 24.6. The van der Waals surface area contributed by atoms with Gasteiger partial charge in [0.15, 0.2) is 0 Å². The molecule has 0 heterocycles. The molecule has 0 aromatic heterocycles. The molecule has 2 aromatic carbocycles. The van der Waals surface area contributed by atoms with E-state index >= 15 is 0 Å². The summed E-state index contributed by atoms with van der Waals surface area (Å²) in [5.41, 5.74) is -1.24. The molecule has 4 atom stereocenters. The Bertz CT molecular complexity index is 956.